The summed E-state index contributed by atoms with van der Waals surface area (Å²) in [4.78, 5) is 29.2. The molecule has 2 saturated carbocycles. The highest BCUT2D eigenvalue weighted by Gasteiger charge is 2.37. The van der Waals surface area contributed by atoms with Gasteiger partial charge >= 0.3 is 0 Å². The first-order chi connectivity index (χ1) is 29.2. The van der Waals surface area contributed by atoms with Crippen molar-refractivity contribution in [3.63, 3.8) is 0 Å². The largest absolute Gasteiger partial charge is 0.497 e. The first kappa shape index (κ1) is 38.7. The van der Waals surface area contributed by atoms with Crippen LogP contribution in [-0.2, 0) is 12.0 Å². The van der Waals surface area contributed by atoms with E-state index in [0.29, 0.717) is 80.6 Å². The third kappa shape index (κ3) is 7.08. The third-order valence-electron chi connectivity index (χ3n) is 12.1. The van der Waals surface area contributed by atoms with Gasteiger partial charge in [-0.2, -0.15) is 9.03 Å². The molecule has 2 fully saturated rings. The maximum absolute atomic E-state index is 10.3. The van der Waals surface area contributed by atoms with Gasteiger partial charge in [0.15, 0.2) is 22.9 Å². The molecule has 2 aromatic carbocycles. The number of aromatic nitrogens is 10. The van der Waals surface area contributed by atoms with E-state index in [0.717, 1.165) is 53.7 Å². The predicted molar refractivity (Wildman–Crippen MR) is 231 cm³/mol. The van der Waals surface area contributed by atoms with Crippen molar-refractivity contribution in [1.29, 1.82) is 0 Å². The number of fused-ring (bicyclic) bond motifs is 6. The molecule has 10 rings (SSSR count). The predicted octanol–water partition coefficient (Wildman–Crippen LogP) is 6.86. The van der Waals surface area contributed by atoms with E-state index >= 15 is 0 Å². The maximum Gasteiger partial charge on any atom is 0.231 e. The van der Waals surface area contributed by atoms with Crippen LogP contribution in [0.2, 0.25) is 0 Å². The van der Waals surface area contributed by atoms with Crippen molar-refractivity contribution in [1.82, 2.24) is 49.1 Å². The number of aliphatic hydroxyl groups is 2. The molecule has 61 heavy (non-hydrogen) atoms. The fourth-order valence-corrected chi connectivity index (χ4v) is 8.69. The van der Waals surface area contributed by atoms with Crippen LogP contribution in [-0.4, -0.2) is 79.2 Å². The number of hydrogen-bond donors (Lipinski definition) is 4. The molecule has 5 N–H and O–H groups in total. The lowest BCUT2D eigenvalue weighted by molar-refractivity contribution is 0.0737. The summed E-state index contributed by atoms with van der Waals surface area (Å²) in [5, 5.41) is 35.5. The zero-order valence-corrected chi connectivity index (χ0v) is 35.0. The molecule has 0 aliphatic heterocycles. The van der Waals surface area contributed by atoms with Gasteiger partial charge in [-0.3, -0.25) is 9.97 Å². The number of anilines is 3. The Labute approximate surface area is 351 Å². The SMILES string of the molecule is COc1ccc2c(c1)nc(Nc1cc(OC)c3nc(N)n4nc(C5CC(c6ccc(C(C)(C)O)nc6)C5)nc4c3c1)n1nc(C3CC(c4ccc(CC(C)(C)O)cn4)C3)nc21. The summed E-state index contributed by atoms with van der Waals surface area (Å²) in [5.74, 6) is 4.21. The summed E-state index contributed by atoms with van der Waals surface area (Å²) in [6.45, 7) is 7.08. The maximum atomic E-state index is 10.3. The van der Waals surface area contributed by atoms with Crippen molar-refractivity contribution in [2.24, 2.45) is 0 Å². The van der Waals surface area contributed by atoms with Crippen LogP contribution >= 0.6 is 0 Å². The monoisotopic (exact) mass is 820 g/mol. The van der Waals surface area contributed by atoms with Crippen LogP contribution in [0.1, 0.15) is 111 Å². The van der Waals surface area contributed by atoms with Gasteiger partial charge in [0.05, 0.1) is 36.4 Å². The van der Waals surface area contributed by atoms with Gasteiger partial charge in [-0.1, -0.05) is 12.1 Å². The Morgan fingerprint density at radius 1 is 0.738 bits per heavy atom. The second-order valence-electron chi connectivity index (χ2n) is 17.7. The average molecular weight is 821 g/mol. The molecule has 2 aliphatic carbocycles. The number of nitrogens with two attached hydrogens (primary N) is 1. The minimum atomic E-state index is -0.990. The van der Waals surface area contributed by atoms with Crippen molar-refractivity contribution >= 4 is 50.7 Å². The smallest absolute Gasteiger partial charge is 0.231 e. The highest BCUT2D eigenvalue weighted by molar-refractivity contribution is 5.99. The van der Waals surface area contributed by atoms with E-state index in [1.165, 1.54) is 0 Å². The molecule has 0 unspecified atom stereocenters. The molecule has 8 aromatic rings. The van der Waals surface area contributed by atoms with E-state index in [2.05, 4.69) is 22.4 Å². The molecule has 2 aliphatic rings. The molecular weight excluding hydrogens is 773 g/mol. The minimum Gasteiger partial charge on any atom is -0.497 e. The lowest BCUT2D eigenvalue weighted by atomic mass is 9.71. The van der Waals surface area contributed by atoms with Crippen molar-refractivity contribution in [2.75, 3.05) is 25.3 Å². The van der Waals surface area contributed by atoms with Crippen LogP contribution in [0.25, 0.3) is 33.1 Å². The van der Waals surface area contributed by atoms with Crippen LogP contribution in [0.5, 0.6) is 11.5 Å². The first-order valence-corrected chi connectivity index (χ1v) is 20.6. The zero-order chi connectivity index (χ0) is 42.4. The van der Waals surface area contributed by atoms with E-state index in [9.17, 15) is 10.2 Å². The minimum absolute atomic E-state index is 0.136. The Balaban J connectivity index is 0.958. The molecule has 0 bridgehead atoms. The zero-order valence-electron chi connectivity index (χ0n) is 35.0. The molecule has 0 saturated heterocycles. The fraction of sp³-hybridized carbons (Fsp3) is 0.378. The van der Waals surface area contributed by atoms with Crippen molar-refractivity contribution < 1.29 is 19.7 Å². The van der Waals surface area contributed by atoms with Crippen LogP contribution in [0, 0.1) is 0 Å². The van der Waals surface area contributed by atoms with E-state index in [-0.39, 0.29) is 17.8 Å². The molecule has 6 heterocycles. The summed E-state index contributed by atoms with van der Waals surface area (Å²) in [5.41, 5.74) is 11.7. The fourth-order valence-electron chi connectivity index (χ4n) is 8.69. The summed E-state index contributed by atoms with van der Waals surface area (Å²) in [7, 11) is 3.23. The second-order valence-corrected chi connectivity index (χ2v) is 17.7. The van der Waals surface area contributed by atoms with E-state index in [4.69, 9.17) is 50.3 Å². The van der Waals surface area contributed by atoms with Crippen molar-refractivity contribution in [3.8, 4) is 11.5 Å². The number of nitrogens with one attached hydrogen (secondary N) is 1. The van der Waals surface area contributed by atoms with Gasteiger partial charge in [-0.25, -0.2) is 19.9 Å². The lowest BCUT2D eigenvalue weighted by Gasteiger charge is -2.33. The summed E-state index contributed by atoms with van der Waals surface area (Å²) >= 11 is 0. The number of benzene rings is 2. The van der Waals surface area contributed by atoms with Gasteiger partial charge in [0.2, 0.25) is 11.9 Å². The van der Waals surface area contributed by atoms with Gasteiger partial charge in [0, 0.05) is 65.5 Å². The summed E-state index contributed by atoms with van der Waals surface area (Å²) in [6.07, 6.45) is 7.77. The van der Waals surface area contributed by atoms with Crippen LogP contribution in [0.15, 0.2) is 67.0 Å². The van der Waals surface area contributed by atoms with Crippen molar-refractivity contribution in [3.05, 3.63) is 101 Å². The standard InChI is InChI=1S/C45H48N12O4/c1-44(2,58)20-23-7-11-33(47-21-23)26-15-28(16-26)39-52-40-31-10-9-30(60-5)19-34(31)50-43(57(40)55-39)49-29-17-32-37(35(18-29)61-6)51-42(46)56-41(32)53-38(54-56)27-13-25(14-27)24-8-12-36(48-22-24)45(3,4)59/h7-12,17-19,21-22,25-28,58-59H,13-16,20H2,1-6H3,(H2,46,51)(H,49,50). The normalized spacial score (nSPS) is 19.3. The van der Waals surface area contributed by atoms with Crippen LogP contribution < -0.4 is 20.5 Å². The Bertz CT molecular complexity index is 2960. The second kappa shape index (κ2) is 14.3. The van der Waals surface area contributed by atoms with Crippen molar-refractivity contribution in [2.45, 2.75) is 94.7 Å². The lowest BCUT2D eigenvalue weighted by Crippen LogP contribution is -2.23. The molecule has 0 radical (unpaired) electrons. The first-order valence-electron chi connectivity index (χ1n) is 20.6. The molecular formula is C45H48N12O4. The summed E-state index contributed by atoms with van der Waals surface area (Å²) < 4.78 is 14.8. The average Bonchev–Trinajstić information content (AvgIpc) is 3.83. The van der Waals surface area contributed by atoms with Gasteiger partial charge in [0.25, 0.3) is 0 Å². The van der Waals surface area contributed by atoms with Gasteiger partial charge < -0.3 is 30.7 Å². The van der Waals surface area contributed by atoms with Gasteiger partial charge in [0.1, 0.15) is 22.6 Å². The third-order valence-corrected chi connectivity index (χ3v) is 12.1. The molecule has 312 valence electrons. The Morgan fingerprint density at radius 3 is 2.10 bits per heavy atom. The Hall–Kier alpha value is -6.52. The number of methoxy groups -OCH3 is 2. The quantitative estimate of drug-likeness (QED) is 0.105. The number of nitrogens with zero attached hydrogens (tertiary/aromatic N) is 10. The topological polar surface area (TPSA) is 209 Å². The molecule has 16 nitrogen and oxygen atoms in total. The molecule has 16 heteroatoms. The molecule has 0 amide bonds. The van der Waals surface area contributed by atoms with Gasteiger partial charge in [-0.05, 0) is 101 Å². The summed E-state index contributed by atoms with van der Waals surface area (Å²) in [6, 6.07) is 17.6. The molecule has 0 atom stereocenters. The molecule has 6 aromatic heterocycles. The number of nitrogen functional groups attached to an aromatic ring is 1. The number of rotatable bonds is 11. The van der Waals surface area contributed by atoms with E-state index in [1.54, 1.807) is 50.9 Å². The highest BCUT2D eigenvalue weighted by atomic mass is 16.5. The van der Waals surface area contributed by atoms with E-state index in [1.807, 2.05) is 54.9 Å². The van der Waals surface area contributed by atoms with Gasteiger partial charge in [-0.15, -0.1) is 10.2 Å². The highest BCUT2D eigenvalue weighted by Crippen LogP contribution is 2.48. The Kier molecular flexibility index (Phi) is 9.07. The number of hydrogen-bond acceptors (Lipinski definition) is 14. The number of pyridine rings is 2. The van der Waals surface area contributed by atoms with Crippen LogP contribution in [0.3, 0.4) is 0 Å². The van der Waals surface area contributed by atoms with Crippen LogP contribution in [0.4, 0.5) is 17.6 Å². The van der Waals surface area contributed by atoms with E-state index < -0.39 is 11.2 Å². The molecule has 0 spiro atoms. The number of ether oxygens (including phenoxy) is 2. The Morgan fingerprint density at radius 2 is 1.46 bits per heavy atom.